The maximum atomic E-state index is 11.4. The third-order valence-corrected chi connectivity index (χ3v) is 3.23. The Bertz CT molecular complexity index is 572. The van der Waals surface area contributed by atoms with Crippen molar-refractivity contribution in [1.29, 1.82) is 0 Å². The van der Waals surface area contributed by atoms with Crippen molar-refractivity contribution in [3.63, 3.8) is 0 Å². The van der Waals surface area contributed by atoms with E-state index in [9.17, 15) is 9.90 Å². The zero-order valence-electron chi connectivity index (χ0n) is 9.66. The zero-order chi connectivity index (χ0) is 13.0. The summed E-state index contributed by atoms with van der Waals surface area (Å²) in [5.74, 6) is -0.218. The first-order chi connectivity index (χ1) is 8.70. The van der Waals surface area contributed by atoms with Gasteiger partial charge in [0.2, 0.25) is 0 Å². The van der Waals surface area contributed by atoms with E-state index in [1.807, 2.05) is 6.07 Å². The second-order valence-corrected chi connectivity index (χ2v) is 4.51. The average molecular weight is 261 g/mol. The predicted molar refractivity (Wildman–Crippen MR) is 67.8 cm³/mol. The van der Waals surface area contributed by atoms with Gasteiger partial charge in [-0.25, -0.2) is 9.78 Å². The van der Waals surface area contributed by atoms with Crippen LogP contribution in [0.1, 0.15) is 10.4 Å². The molecule has 0 aliphatic rings. The molecule has 0 aliphatic heterocycles. The number of nitrogens with zero attached hydrogens (tertiary/aromatic N) is 1. The molecular formula is C13H11NO3S. The summed E-state index contributed by atoms with van der Waals surface area (Å²) in [5.41, 5.74) is 0.436. The highest BCUT2D eigenvalue weighted by molar-refractivity contribution is 7.99. The van der Waals surface area contributed by atoms with E-state index >= 15 is 0 Å². The minimum Gasteiger partial charge on any atom is -0.507 e. The van der Waals surface area contributed by atoms with Gasteiger partial charge >= 0.3 is 5.97 Å². The molecular weight excluding hydrogens is 250 g/mol. The lowest BCUT2D eigenvalue weighted by molar-refractivity contribution is 0.0600. The molecule has 2 rings (SSSR count). The summed E-state index contributed by atoms with van der Waals surface area (Å²) in [6, 6.07) is 10.2. The van der Waals surface area contributed by atoms with Crippen LogP contribution in [0, 0.1) is 0 Å². The summed E-state index contributed by atoms with van der Waals surface area (Å²) in [7, 11) is 1.33. The SMILES string of the molecule is COC(=O)c1ccnc(Sc2ccccc2O)c1. The summed E-state index contributed by atoms with van der Waals surface area (Å²) < 4.78 is 4.64. The predicted octanol–water partition coefficient (Wildman–Crippen LogP) is 2.73. The average Bonchev–Trinajstić information content (AvgIpc) is 2.41. The number of hydrogen-bond donors (Lipinski definition) is 1. The molecule has 1 aromatic heterocycles. The number of ether oxygens (including phenoxy) is 1. The maximum absolute atomic E-state index is 11.4. The molecule has 0 aliphatic carbocycles. The first kappa shape index (κ1) is 12.4. The second-order valence-electron chi connectivity index (χ2n) is 3.44. The van der Waals surface area contributed by atoms with E-state index in [0.717, 1.165) is 0 Å². The third kappa shape index (κ3) is 2.81. The summed E-state index contributed by atoms with van der Waals surface area (Å²) in [5, 5.41) is 10.3. The molecule has 0 atom stereocenters. The molecule has 0 fully saturated rings. The fourth-order valence-corrected chi connectivity index (χ4v) is 2.21. The molecule has 92 valence electrons. The third-order valence-electron chi connectivity index (χ3n) is 2.24. The fraction of sp³-hybridized carbons (Fsp3) is 0.0769. The summed E-state index contributed by atoms with van der Waals surface area (Å²) in [4.78, 5) is 16.2. The van der Waals surface area contributed by atoms with Gasteiger partial charge in [0, 0.05) is 6.20 Å². The molecule has 0 spiro atoms. The van der Waals surface area contributed by atoms with Crippen LogP contribution >= 0.6 is 11.8 Å². The van der Waals surface area contributed by atoms with Crippen LogP contribution in [0.5, 0.6) is 5.75 Å². The molecule has 5 heteroatoms. The normalized spacial score (nSPS) is 10.1. The summed E-state index contributed by atoms with van der Waals surface area (Å²) >= 11 is 1.29. The van der Waals surface area contributed by atoms with Crippen LogP contribution in [0.25, 0.3) is 0 Å². The molecule has 0 saturated carbocycles. The van der Waals surface area contributed by atoms with Gasteiger partial charge in [0.1, 0.15) is 10.8 Å². The van der Waals surface area contributed by atoms with Gasteiger partial charge in [-0.3, -0.25) is 0 Å². The molecule has 1 aromatic carbocycles. The molecule has 18 heavy (non-hydrogen) atoms. The lowest BCUT2D eigenvalue weighted by Gasteiger charge is -2.04. The van der Waals surface area contributed by atoms with Crippen LogP contribution in [-0.4, -0.2) is 23.2 Å². The minimum atomic E-state index is -0.406. The van der Waals surface area contributed by atoms with Crippen molar-refractivity contribution in [2.75, 3.05) is 7.11 Å². The monoisotopic (exact) mass is 261 g/mol. The highest BCUT2D eigenvalue weighted by atomic mass is 32.2. The Labute approximate surface area is 109 Å². The van der Waals surface area contributed by atoms with Gasteiger partial charge in [-0.2, -0.15) is 0 Å². The molecule has 0 unspecified atom stereocenters. The fourth-order valence-electron chi connectivity index (χ4n) is 1.37. The number of aromatic hydroxyl groups is 1. The molecule has 0 amide bonds. The number of aromatic nitrogens is 1. The molecule has 4 nitrogen and oxygen atoms in total. The van der Waals surface area contributed by atoms with Crippen molar-refractivity contribution in [3.05, 3.63) is 48.2 Å². The first-order valence-electron chi connectivity index (χ1n) is 5.21. The van der Waals surface area contributed by atoms with Crippen LogP contribution in [-0.2, 0) is 4.74 Å². The standard InChI is InChI=1S/C13H11NO3S/c1-17-13(16)9-6-7-14-12(8-9)18-11-5-3-2-4-10(11)15/h2-8,15H,1H3. The number of carbonyl (C=O) groups excluding carboxylic acids is 1. The number of esters is 1. The van der Waals surface area contributed by atoms with Crippen LogP contribution in [0.3, 0.4) is 0 Å². The Balaban J connectivity index is 2.25. The Morgan fingerprint density at radius 3 is 2.83 bits per heavy atom. The van der Waals surface area contributed by atoms with Crippen molar-refractivity contribution in [3.8, 4) is 5.75 Å². The summed E-state index contributed by atoms with van der Waals surface area (Å²) in [6.07, 6.45) is 1.54. The number of phenols is 1. The van der Waals surface area contributed by atoms with E-state index in [1.54, 1.807) is 30.3 Å². The van der Waals surface area contributed by atoms with E-state index in [4.69, 9.17) is 0 Å². The van der Waals surface area contributed by atoms with Crippen molar-refractivity contribution >= 4 is 17.7 Å². The maximum Gasteiger partial charge on any atom is 0.337 e. The number of benzene rings is 1. The lowest BCUT2D eigenvalue weighted by Crippen LogP contribution is -2.01. The van der Waals surface area contributed by atoms with E-state index in [1.165, 1.54) is 25.1 Å². The van der Waals surface area contributed by atoms with Crippen molar-refractivity contribution in [2.24, 2.45) is 0 Å². The minimum absolute atomic E-state index is 0.188. The number of carbonyl (C=O) groups is 1. The Morgan fingerprint density at radius 2 is 2.11 bits per heavy atom. The topological polar surface area (TPSA) is 59.4 Å². The number of methoxy groups -OCH3 is 1. The molecule has 0 radical (unpaired) electrons. The van der Waals surface area contributed by atoms with Gasteiger partial charge < -0.3 is 9.84 Å². The number of phenolic OH excluding ortho intramolecular Hbond substituents is 1. The quantitative estimate of drug-likeness (QED) is 0.861. The molecule has 1 N–H and O–H groups in total. The van der Waals surface area contributed by atoms with Gasteiger partial charge in [-0.15, -0.1) is 0 Å². The van der Waals surface area contributed by atoms with Crippen molar-refractivity contribution in [1.82, 2.24) is 4.98 Å². The molecule has 1 heterocycles. The van der Waals surface area contributed by atoms with Gasteiger partial charge in [-0.1, -0.05) is 23.9 Å². The van der Waals surface area contributed by atoms with Gasteiger partial charge in [0.25, 0.3) is 0 Å². The number of hydrogen-bond acceptors (Lipinski definition) is 5. The highest BCUT2D eigenvalue weighted by Gasteiger charge is 2.08. The van der Waals surface area contributed by atoms with E-state index in [2.05, 4.69) is 9.72 Å². The largest absolute Gasteiger partial charge is 0.507 e. The number of para-hydroxylation sites is 1. The van der Waals surface area contributed by atoms with Crippen LogP contribution < -0.4 is 0 Å². The Hall–Kier alpha value is -2.01. The van der Waals surface area contributed by atoms with E-state index in [0.29, 0.717) is 15.5 Å². The van der Waals surface area contributed by atoms with E-state index in [-0.39, 0.29) is 5.75 Å². The number of rotatable bonds is 3. The molecule has 2 aromatic rings. The second kappa shape index (κ2) is 5.55. The van der Waals surface area contributed by atoms with Crippen molar-refractivity contribution in [2.45, 2.75) is 9.92 Å². The lowest BCUT2D eigenvalue weighted by atomic mass is 10.3. The van der Waals surface area contributed by atoms with Crippen LogP contribution in [0.4, 0.5) is 0 Å². The summed E-state index contributed by atoms with van der Waals surface area (Å²) in [6.45, 7) is 0. The molecule has 0 saturated heterocycles. The molecule has 0 bridgehead atoms. The van der Waals surface area contributed by atoms with E-state index < -0.39 is 5.97 Å². The number of pyridine rings is 1. The smallest absolute Gasteiger partial charge is 0.337 e. The Morgan fingerprint density at radius 1 is 1.33 bits per heavy atom. The van der Waals surface area contributed by atoms with Gasteiger partial charge in [0.15, 0.2) is 0 Å². The highest BCUT2D eigenvalue weighted by Crippen LogP contribution is 2.32. The van der Waals surface area contributed by atoms with Crippen LogP contribution in [0.2, 0.25) is 0 Å². The first-order valence-corrected chi connectivity index (χ1v) is 6.02. The zero-order valence-corrected chi connectivity index (χ0v) is 10.5. The van der Waals surface area contributed by atoms with Crippen molar-refractivity contribution < 1.29 is 14.6 Å². The van der Waals surface area contributed by atoms with Crippen LogP contribution in [0.15, 0.2) is 52.5 Å². The van der Waals surface area contributed by atoms with Gasteiger partial charge in [-0.05, 0) is 24.3 Å². The Kier molecular flexibility index (Phi) is 3.84. The van der Waals surface area contributed by atoms with Gasteiger partial charge in [0.05, 0.1) is 17.6 Å².